The molecule has 98 valence electrons. The quantitative estimate of drug-likeness (QED) is 0.822. The Labute approximate surface area is 108 Å². The van der Waals surface area contributed by atoms with E-state index in [1.807, 2.05) is 36.9 Å². The number of nitrogens with zero attached hydrogens (tertiary/aromatic N) is 1. The Balaban J connectivity index is 2.23. The monoisotopic (exact) mass is 248 g/mol. The van der Waals surface area contributed by atoms with Gasteiger partial charge >= 0.3 is 0 Å². The van der Waals surface area contributed by atoms with Gasteiger partial charge in [-0.15, -0.1) is 0 Å². The minimum Gasteiger partial charge on any atom is -0.380 e. The van der Waals surface area contributed by atoms with E-state index >= 15 is 0 Å². The molecule has 0 bridgehead atoms. The molecule has 2 rings (SSSR count). The normalized spacial score (nSPS) is 19.6. The molecule has 0 spiro atoms. The summed E-state index contributed by atoms with van der Waals surface area (Å²) in [5.41, 5.74) is 2.16. The lowest BCUT2D eigenvalue weighted by atomic mass is 10.1. The summed E-state index contributed by atoms with van der Waals surface area (Å²) in [6, 6.07) is 7.87. The van der Waals surface area contributed by atoms with Gasteiger partial charge in [-0.1, -0.05) is 18.2 Å². The first-order chi connectivity index (χ1) is 8.74. The van der Waals surface area contributed by atoms with Crippen LogP contribution in [0.3, 0.4) is 0 Å². The fourth-order valence-corrected chi connectivity index (χ4v) is 2.16. The molecule has 18 heavy (non-hydrogen) atoms. The third-order valence-electron chi connectivity index (χ3n) is 3.18. The average molecular weight is 248 g/mol. The zero-order valence-corrected chi connectivity index (χ0v) is 11.0. The van der Waals surface area contributed by atoms with Crippen LogP contribution in [0.5, 0.6) is 0 Å². The molecule has 4 nitrogen and oxygen atoms in total. The van der Waals surface area contributed by atoms with Crippen molar-refractivity contribution in [2.24, 2.45) is 0 Å². The number of hydrogen-bond acceptors (Lipinski definition) is 3. The van der Waals surface area contributed by atoms with Gasteiger partial charge in [0.2, 0.25) is 5.91 Å². The number of amides is 1. The van der Waals surface area contributed by atoms with Crippen molar-refractivity contribution in [2.45, 2.75) is 26.4 Å². The predicted octanol–water partition coefficient (Wildman–Crippen LogP) is 1.55. The highest BCUT2D eigenvalue weighted by molar-refractivity contribution is 5.98. The van der Waals surface area contributed by atoms with Crippen molar-refractivity contribution in [3.63, 3.8) is 0 Å². The highest BCUT2D eigenvalue weighted by Gasteiger charge is 2.26. The van der Waals surface area contributed by atoms with Crippen LogP contribution in [0.25, 0.3) is 0 Å². The van der Waals surface area contributed by atoms with Crippen molar-refractivity contribution in [2.75, 3.05) is 24.7 Å². The fourth-order valence-electron chi connectivity index (χ4n) is 2.16. The maximum atomic E-state index is 12.3. The summed E-state index contributed by atoms with van der Waals surface area (Å²) < 4.78 is 5.36. The van der Waals surface area contributed by atoms with Crippen LogP contribution in [0, 0.1) is 0 Å². The number of carbonyl (C=O) groups is 1. The molecule has 0 fully saturated rings. The summed E-state index contributed by atoms with van der Waals surface area (Å²) in [4.78, 5) is 14.1. The number of rotatable bonds is 4. The second-order valence-corrected chi connectivity index (χ2v) is 4.42. The molecule has 0 radical (unpaired) electrons. The maximum absolute atomic E-state index is 12.3. The summed E-state index contributed by atoms with van der Waals surface area (Å²) in [5, 5.41) is 3.24. The first kappa shape index (κ1) is 13.1. The molecule has 0 saturated carbocycles. The third-order valence-corrected chi connectivity index (χ3v) is 3.18. The molecule has 1 aromatic rings. The second-order valence-electron chi connectivity index (χ2n) is 4.42. The molecular formula is C14H20N2O2. The number of hydrogen-bond donors (Lipinski definition) is 1. The molecule has 4 heteroatoms. The third kappa shape index (κ3) is 2.71. The standard InChI is InChI=1S/C14H20N2O2/c1-3-18-9-8-16-13-7-5-4-6-12(13)10-15-11(2)14(16)17/h4-7,11,15H,3,8-10H2,1-2H3. The van der Waals surface area contributed by atoms with E-state index in [1.165, 1.54) is 0 Å². The molecule has 1 aromatic carbocycles. The van der Waals surface area contributed by atoms with E-state index in [0.717, 1.165) is 17.8 Å². The zero-order valence-electron chi connectivity index (χ0n) is 11.0. The lowest BCUT2D eigenvalue weighted by Crippen LogP contribution is -2.43. The minimum absolute atomic E-state index is 0.111. The van der Waals surface area contributed by atoms with E-state index in [1.54, 1.807) is 0 Å². The fraction of sp³-hybridized carbons (Fsp3) is 0.500. The molecule has 1 amide bonds. The lowest BCUT2D eigenvalue weighted by Gasteiger charge is -2.24. The molecule has 1 N–H and O–H groups in total. The van der Waals surface area contributed by atoms with E-state index in [0.29, 0.717) is 19.8 Å². The molecule has 0 aliphatic carbocycles. The zero-order chi connectivity index (χ0) is 13.0. The van der Waals surface area contributed by atoms with Crippen LogP contribution in [0.4, 0.5) is 5.69 Å². The van der Waals surface area contributed by atoms with Crippen molar-refractivity contribution >= 4 is 11.6 Å². The Morgan fingerprint density at radius 2 is 2.22 bits per heavy atom. The van der Waals surface area contributed by atoms with E-state index in [2.05, 4.69) is 11.4 Å². The Morgan fingerprint density at radius 3 is 3.00 bits per heavy atom. The summed E-state index contributed by atoms with van der Waals surface area (Å²) in [7, 11) is 0. The van der Waals surface area contributed by atoms with Gasteiger partial charge in [-0.2, -0.15) is 0 Å². The minimum atomic E-state index is -0.154. The highest BCUT2D eigenvalue weighted by Crippen LogP contribution is 2.23. The highest BCUT2D eigenvalue weighted by atomic mass is 16.5. The lowest BCUT2D eigenvalue weighted by molar-refractivity contribution is -0.120. The molecule has 1 heterocycles. The van der Waals surface area contributed by atoms with Gasteiger partial charge in [0.05, 0.1) is 12.6 Å². The molecule has 1 aliphatic rings. The van der Waals surface area contributed by atoms with Gasteiger partial charge in [-0.3, -0.25) is 4.79 Å². The first-order valence-electron chi connectivity index (χ1n) is 6.44. The van der Waals surface area contributed by atoms with Gasteiger partial charge in [-0.05, 0) is 25.5 Å². The van der Waals surface area contributed by atoms with Crippen LogP contribution in [0.1, 0.15) is 19.4 Å². The topological polar surface area (TPSA) is 41.6 Å². The van der Waals surface area contributed by atoms with Crippen LogP contribution < -0.4 is 10.2 Å². The van der Waals surface area contributed by atoms with E-state index < -0.39 is 0 Å². The van der Waals surface area contributed by atoms with Crippen LogP contribution in [0.2, 0.25) is 0 Å². The van der Waals surface area contributed by atoms with Gasteiger partial charge < -0.3 is 15.0 Å². The van der Waals surface area contributed by atoms with Gasteiger partial charge in [0.15, 0.2) is 0 Å². The van der Waals surface area contributed by atoms with E-state index in [-0.39, 0.29) is 11.9 Å². The SMILES string of the molecule is CCOCCN1C(=O)C(C)NCc2ccccc21. The van der Waals surface area contributed by atoms with Crippen molar-refractivity contribution in [1.29, 1.82) is 0 Å². The molecule has 1 atom stereocenters. The number of carbonyl (C=O) groups excluding carboxylic acids is 1. The Kier molecular flexibility index (Phi) is 4.33. The number of anilines is 1. The molecule has 0 saturated heterocycles. The number of para-hydroxylation sites is 1. The van der Waals surface area contributed by atoms with Crippen LogP contribution in [-0.4, -0.2) is 31.7 Å². The van der Waals surface area contributed by atoms with Crippen LogP contribution in [0.15, 0.2) is 24.3 Å². The molecule has 1 aliphatic heterocycles. The average Bonchev–Trinajstić information content (AvgIpc) is 2.51. The maximum Gasteiger partial charge on any atom is 0.243 e. The molecular weight excluding hydrogens is 228 g/mol. The van der Waals surface area contributed by atoms with Gasteiger partial charge in [0, 0.05) is 25.4 Å². The number of fused-ring (bicyclic) bond motifs is 1. The molecule has 0 aromatic heterocycles. The Bertz CT molecular complexity index is 420. The summed E-state index contributed by atoms with van der Waals surface area (Å²) in [5.74, 6) is 0.111. The number of ether oxygens (including phenoxy) is 1. The smallest absolute Gasteiger partial charge is 0.243 e. The van der Waals surface area contributed by atoms with E-state index in [9.17, 15) is 4.79 Å². The van der Waals surface area contributed by atoms with Gasteiger partial charge in [0.25, 0.3) is 0 Å². The summed E-state index contributed by atoms with van der Waals surface area (Å²) >= 11 is 0. The number of nitrogens with one attached hydrogen (secondary N) is 1. The largest absolute Gasteiger partial charge is 0.380 e. The Morgan fingerprint density at radius 1 is 1.44 bits per heavy atom. The van der Waals surface area contributed by atoms with Crippen molar-refractivity contribution in [3.05, 3.63) is 29.8 Å². The predicted molar refractivity (Wildman–Crippen MR) is 71.6 cm³/mol. The molecule has 1 unspecified atom stereocenters. The van der Waals surface area contributed by atoms with Crippen molar-refractivity contribution in [3.8, 4) is 0 Å². The second kappa shape index (κ2) is 5.98. The van der Waals surface area contributed by atoms with Crippen LogP contribution in [-0.2, 0) is 16.1 Å². The first-order valence-corrected chi connectivity index (χ1v) is 6.44. The van der Waals surface area contributed by atoms with Crippen molar-refractivity contribution < 1.29 is 9.53 Å². The van der Waals surface area contributed by atoms with Gasteiger partial charge in [0.1, 0.15) is 0 Å². The number of benzene rings is 1. The summed E-state index contributed by atoms with van der Waals surface area (Å²) in [6.45, 7) is 6.45. The van der Waals surface area contributed by atoms with Gasteiger partial charge in [-0.25, -0.2) is 0 Å². The van der Waals surface area contributed by atoms with Crippen LogP contribution >= 0.6 is 0 Å². The summed E-state index contributed by atoms with van der Waals surface area (Å²) in [6.07, 6.45) is 0. The Hall–Kier alpha value is -1.39. The van der Waals surface area contributed by atoms with Crippen molar-refractivity contribution in [1.82, 2.24) is 5.32 Å². The van der Waals surface area contributed by atoms with E-state index in [4.69, 9.17) is 4.74 Å².